The molecule has 0 aromatic carbocycles. The highest BCUT2D eigenvalue weighted by Gasteiger charge is 2.00. The number of rotatable bonds is 7. The predicted octanol–water partition coefficient (Wildman–Crippen LogP) is 7.55. The molecule has 0 fully saturated rings. The highest BCUT2D eigenvalue weighted by atomic mass is 19.1. The molecule has 0 aromatic rings. The van der Waals surface area contributed by atoms with Gasteiger partial charge in [0.25, 0.3) is 0 Å². The van der Waals surface area contributed by atoms with Gasteiger partial charge in [-0.1, -0.05) is 85.3 Å². The van der Waals surface area contributed by atoms with Gasteiger partial charge in [-0.3, -0.25) is 4.99 Å². The van der Waals surface area contributed by atoms with Crippen LogP contribution in [0.3, 0.4) is 0 Å². The number of nitrogens with zero attached hydrogens (tertiary/aromatic N) is 1. The van der Waals surface area contributed by atoms with Crippen LogP contribution in [0, 0.1) is 0 Å². The number of halogens is 1. The first kappa shape index (κ1) is 23.1. The fourth-order valence-electron chi connectivity index (χ4n) is 1.84. The molecule has 0 N–H and O–H groups in total. The SMILES string of the molecule is CC.CCC1=C(F)C=NC(C)=C=C1.CCCCCCCCC. The summed E-state index contributed by atoms with van der Waals surface area (Å²) in [6.45, 7) is 12.2. The Bertz CT molecular complexity index is 365. The Kier molecular flexibility index (Phi) is 18.8. The average Bonchev–Trinajstić information content (AvgIpc) is 2.71. The normalized spacial score (nSPS) is 12.8. The van der Waals surface area contributed by atoms with Gasteiger partial charge in [0.1, 0.15) is 5.83 Å². The van der Waals surface area contributed by atoms with E-state index in [0.29, 0.717) is 17.7 Å². The molecule has 1 aliphatic heterocycles. The van der Waals surface area contributed by atoms with E-state index in [4.69, 9.17) is 0 Å². The molecule has 0 aliphatic carbocycles. The van der Waals surface area contributed by atoms with Crippen LogP contribution in [-0.4, -0.2) is 6.21 Å². The van der Waals surface area contributed by atoms with Gasteiger partial charge in [0.15, 0.2) is 0 Å². The summed E-state index contributed by atoms with van der Waals surface area (Å²) in [7, 11) is 0. The van der Waals surface area contributed by atoms with E-state index in [1.54, 1.807) is 13.0 Å². The molecule has 0 unspecified atom stereocenters. The Balaban J connectivity index is 0. The van der Waals surface area contributed by atoms with Crippen molar-refractivity contribution in [3.05, 3.63) is 28.9 Å². The second-order valence-electron chi connectivity index (χ2n) is 5.13. The summed E-state index contributed by atoms with van der Waals surface area (Å²) in [5.41, 5.74) is 4.24. The fourth-order valence-corrected chi connectivity index (χ4v) is 1.84. The van der Waals surface area contributed by atoms with Gasteiger partial charge in [-0.05, 0) is 25.0 Å². The summed E-state index contributed by atoms with van der Waals surface area (Å²) in [6.07, 6.45) is 13.5. The molecule has 2 heteroatoms. The summed E-state index contributed by atoms with van der Waals surface area (Å²) in [5.74, 6) is -0.253. The van der Waals surface area contributed by atoms with Crippen LogP contribution in [0.1, 0.15) is 92.9 Å². The Morgan fingerprint density at radius 2 is 1.45 bits per heavy atom. The maximum atomic E-state index is 12.9. The lowest BCUT2D eigenvalue weighted by Crippen LogP contribution is -1.81. The predicted molar refractivity (Wildman–Crippen MR) is 99.2 cm³/mol. The Hall–Kier alpha value is -1.14. The lowest BCUT2D eigenvalue weighted by molar-refractivity contribution is 0.602. The van der Waals surface area contributed by atoms with Crippen molar-refractivity contribution in [2.75, 3.05) is 0 Å². The number of unbranched alkanes of at least 4 members (excludes halogenated alkanes) is 6. The fraction of sp³-hybridized carbons (Fsp3) is 0.700. The number of aliphatic imine (C=N–C) groups is 1. The van der Waals surface area contributed by atoms with Gasteiger partial charge in [-0.2, -0.15) is 0 Å². The molecular formula is C20H36FN. The van der Waals surface area contributed by atoms with Gasteiger partial charge in [-0.25, -0.2) is 4.39 Å². The van der Waals surface area contributed by atoms with Gasteiger partial charge in [0, 0.05) is 0 Å². The molecule has 0 amide bonds. The summed E-state index contributed by atoms with van der Waals surface area (Å²) >= 11 is 0. The molecule has 0 aromatic heterocycles. The van der Waals surface area contributed by atoms with E-state index in [0.717, 1.165) is 0 Å². The molecular weight excluding hydrogens is 273 g/mol. The van der Waals surface area contributed by atoms with Crippen molar-refractivity contribution in [2.45, 2.75) is 92.9 Å². The van der Waals surface area contributed by atoms with Gasteiger partial charge < -0.3 is 0 Å². The van der Waals surface area contributed by atoms with Crippen LogP contribution in [-0.2, 0) is 0 Å². The molecule has 0 saturated heterocycles. The van der Waals surface area contributed by atoms with Crippen molar-refractivity contribution in [1.82, 2.24) is 0 Å². The summed E-state index contributed by atoms with van der Waals surface area (Å²) in [6, 6.07) is 0. The quantitative estimate of drug-likeness (QED) is 0.340. The zero-order valence-electron chi connectivity index (χ0n) is 15.6. The molecule has 0 spiro atoms. The zero-order valence-corrected chi connectivity index (χ0v) is 15.6. The van der Waals surface area contributed by atoms with Crippen molar-refractivity contribution in [3.63, 3.8) is 0 Å². The molecule has 0 bridgehead atoms. The van der Waals surface area contributed by atoms with Crippen molar-refractivity contribution in [2.24, 2.45) is 4.99 Å². The maximum Gasteiger partial charge on any atom is 0.145 e. The van der Waals surface area contributed by atoms with E-state index in [2.05, 4.69) is 24.6 Å². The van der Waals surface area contributed by atoms with E-state index in [9.17, 15) is 4.39 Å². The minimum absolute atomic E-state index is 0.253. The van der Waals surface area contributed by atoms with Crippen molar-refractivity contribution < 1.29 is 4.39 Å². The number of hydrogen-bond donors (Lipinski definition) is 0. The summed E-state index contributed by atoms with van der Waals surface area (Å²) in [4.78, 5) is 3.82. The average molecular weight is 310 g/mol. The van der Waals surface area contributed by atoms with E-state index in [1.807, 2.05) is 20.8 Å². The highest BCUT2D eigenvalue weighted by molar-refractivity contribution is 5.79. The number of allylic oxidation sites excluding steroid dienone is 3. The van der Waals surface area contributed by atoms with Crippen LogP contribution in [0.2, 0.25) is 0 Å². The minimum Gasteiger partial charge on any atom is -0.250 e. The molecule has 0 radical (unpaired) electrons. The lowest BCUT2D eigenvalue weighted by atomic mass is 10.1. The highest BCUT2D eigenvalue weighted by Crippen LogP contribution is 2.13. The van der Waals surface area contributed by atoms with Gasteiger partial charge in [0.2, 0.25) is 0 Å². The third-order valence-electron chi connectivity index (χ3n) is 3.22. The van der Waals surface area contributed by atoms with Gasteiger partial charge in [-0.15, -0.1) is 0 Å². The van der Waals surface area contributed by atoms with Crippen molar-refractivity contribution in [3.8, 4) is 0 Å². The Labute approximate surface area is 138 Å². The Morgan fingerprint density at radius 3 is 1.91 bits per heavy atom. The van der Waals surface area contributed by atoms with Crippen LogP contribution >= 0.6 is 0 Å². The second kappa shape index (κ2) is 17.9. The van der Waals surface area contributed by atoms with Gasteiger partial charge in [0.05, 0.1) is 11.9 Å². The third kappa shape index (κ3) is 13.8. The molecule has 1 heterocycles. The molecule has 0 saturated carbocycles. The van der Waals surface area contributed by atoms with Crippen LogP contribution < -0.4 is 0 Å². The van der Waals surface area contributed by atoms with Crippen LogP contribution in [0.4, 0.5) is 4.39 Å². The van der Waals surface area contributed by atoms with Crippen LogP contribution in [0.5, 0.6) is 0 Å². The zero-order chi connectivity index (χ0) is 17.2. The lowest BCUT2D eigenvalue weighted by Gasteiger charge is -1.96. The van der Waals surface area contributed by atoms with E-state index < -0.39 is 0 Å². The first-order valence-corrected chi connectivity index (χ1v) is 9.01. The van der Waals surface area contributed by atoms with Crippen LogP contribution in [0.25, 0.3) is 0 Å². The first-order valence-electron chi connectivity index (χ1n) is 9.01. The third-order valence-corrected chi connectivity index (χ3v) is 3.22. The standard InChI is InChI=1S/C9H10FN.C9H20.C2H6/c1-3-8-5-4-7(2)11-6-9(8)10;1-3-5-7-9-8-6-4-2;1-2/h5-6H,3H2,1-2H3;3-9H2,1-2H3;1-2H3. The second-order valence-corrected chi connectivity index (χ2v) is 5.13. The molecule has 1 aliphatic rings. The smallest absolute Gasteiger partial charge is 0.145 e. The van der Waals surface area contributed by atoms with Crippen molar-refractivity contribution >= 4 is 6.21 Å². The Morgan fingerprint density at radius 1 is 0.955 bits per heavy atom. The summed E-state index contributed by atoms with van der Waals surface area (Å²) in [5, 5.41) is 0. The molecule has 1 rings (SSSR count). The molecule has 128 valence electrons. The van der Waals surface area contributed by atoms with E-state index in [-0.39, 0.29) is 5.83 Å². The monoisotopic (exact) mass is 309 g/mol. The van der Waals surface area contributed by atoms with E-state index >= 15 is 0 Å². The molecule has 22 heavy (non-hydrogen) atoms. The topological polar surface area (TPSA) is 12.4 Å². The van der Waals surface area contributed by atoms with Crippen LogP contribution in [0.15, 0.2) is 33.9 Å². The summed E-state index contributed by atoms with van der Waals surface area (Å²) < 4.78 is 12.9. The minimum atomic E-state index is -0.253. The van der Waals surface area contributed by atoms with Gasteiger partial charge >= 0.3 is 0 Å². The van der Waals surface area contributed by atoms with E-state index in [1.165, 1.54) is 51.2 Å². The first-order chi connectivity index (χ1) is 10.7. The number of hydrogen-bond acceptors (Lipinski definition) is 1. The maximum absolute atomic E-state index is 12.9. The molecule has 0 atom stereocenters. The largest absolute Gasteiger partial charge is 0.250 e. The van der Waals surface area contributed by atoms with Crippen molar-refractivity contribution in [1.29, 1.82) is 0 Å². The molecule has 1 nitrogen and oxygen atoms in total.